The number of halogens is 1. The topological polar surface area (TPSA) is 82.3 Å². The van der Waals surface area contributed by atoms with Crippen LogP contribution in [0.3, 0.4) is 0 Å². The summed E-state index contributed by atoms with van der Waals surface area (Å²) in [5.74, 6) is -0.0472. The second-order valence-electron chi connectivity index (χ2n) is 4.27. The predicted molar refractivity (Wildman–Crippen MR) is 80.3 cm³/mol. The summed E-state index contributed by atoms with van der Waals surface area (Å²) in [6.07, 6.45) is 0. The molecule has 1 saturated heterocycles. The van der Waals surface area contributed by atoms with E-state index in [1.54, 1.807) is 12.1 Å². The maximum atomic E-state index is 11.8. The standard InChI is InChI=1S/C12H15ClN4O2S/c1-7-2-3-8(4-9(7)13)15-11(19)6-20-12-16-10(18)5-14-17-12/h2-4,12,14,17H,5-6H2,1H3,(H,15,19)(H,16,18). The van der Waals surface area contributed by atoms with Crippen LogP contribution >= 0.6 is 23.4 Å². The van der Waals surface area contributed by atoms with Gasteiger partial charge in [0.05, 0.1) is 12.3 Å². The lowest BCUT2D eigenvalue weighted by atomic mass is 10.2. The van der Waals surface area contributed by atoms with Gasteiger partial charge in [0, 0.05) is 10.7 Å². The predicted octanol–water partition coefficient (Wildman–Crippen LogP) is 0.828. The van der Waals surface area contributed by atoms with Gasteiger partial charge < -0.3 is 10.6 Å². The molecule has 2 rings (SSSR count). The number of carbonyl (C=O) groups excluding carboxylic acids is 2. The maximum absolute atomic E-state index is 11.8. The van der Waals surface area contributed by atoms with Crippen LogP contribution in [-0.4, -0.2) is 29.6 Å². The first-order chi connectivity index (χ1) is 9.54. The Labute approximate surface area is 126 Å². The van der Waals surface area contributed by atoms with Crippen LogP contribution < -0.4 is 21.5 Å². The molecule has 0 bridgehead atoms. The lowest BCUT2D eigenvalue weighted by molar-refractivity contribution is -0.122. The number of carbonyl (C=O) groups is 2. The average molecular weight is 315 g/mol. The molecule has 1 aromatic rings. The van der Waals surface area contributed by atoms with E-state index in [1.165, 1.54) is 11.8 Å². The summed E-state index contributed by atoms with van der Waals surface area (Å²) < 4.78 is 0. The third kappa shape index (κ3) is 4.38. The Bertz CT molecular complexity index is 526. The number of rotatable bonds is 4. The van der Waals surface area contributed by atoms with Crippen LogP contribution in [0.15, 0.2) is 18.2 Å². The van der Waals surface area contributed by atoms with Crippen LogP contribution in [0.2, 0.25) is 5.02 Å². The SMILES string of the molecule is Cc1ccc(NC(=O)CSC2NNCC(=O)N2)cc1Cl. The molecular weight excluding hydrogens is 300 g/mol. The number of anilines is 1. The van der Waals surface area contributed by atoms with Crippen molar-refractivity contribution in [2.45, 2.75) is 12.4 Å². The van der Waals surface area contributed by atoms with E-state index in [1.807, 2.05) is 13.0 Å². The molecule has 0 aliphatic carbocycles. The third-order valence-electron chi connectivity index (χ3n) is 2.61. The highest BCUT2D eigenvalue weighted by Gasteiger charge is 2.18. The van der Waals surface area contributed by atoms with Gasteiger partial charge in [0.15, 0.2) is 0 Å². The van der Waals surface area contributed by atoms with E-state index in [4.69, 9.17) is 11.6 Å². The molecule has 0 spiro atoms. The van der Waals surface area contributed by atoms with Crippen molar-refractivity contribution in [2.75, 3.05) is 17.6 Å². The fourth-order valence-corrected chi connectivity index (χ4v) is 2.52. The molecule has 0 saturated carbocycles. The van der Waals surface area contributed by atoms with Gasteiger partial charge in [0.1, 0.15) is 5.50 Å². The summed E-state index contributed by atoms with van der Waals surface area (Å²) in [6, 6.07) is 5.35. The molecule has 4 N–H and O–H groups in total. The molecule has 1 aromatic carbocycles. The minimum absolute atomic E-state index is 0.105. The van der Waals surface area contributed by atoms with Gasteiger partial charge in [-0.2, -0.15) is 0 Å². The second-order valence-corrected chi connectivity index (χ2v) is 5.77. The zero-order chi connectivity index (χ0) is 14.5. The Hall–Kier alpha value is -1.28. The lowest BCUT2D eigenvalue weighted by Crippen LogP contribution is -2.58. The number of benzene rings is 1. The van der Waals surface area contributed by atoms with Crippen LogP contribution in [0.25, 0.3) is 0 Å². The molecule has 1 heterocycles. The Kier molecular flexibility index (Phi) is 5.24. The van der Waals surface area contributed by atoms with Gasteiger partial charge >= 0.3 is 0 Å². The first-order valence-electron chi connectivity index (χ1n) is 6.00. The van der Waals surface area contributed by atoms with Crippen LogP contribution in [0.1, 0.15) is 5.56 Å². The highest BCUT2D eigenvalue weighted by atomic mass is 35.5. The molecule has 0 radical (unpaired) electrons. The van der Waals surface area contributed by atoms with E-state index in [0.29, 0.717) is 10.7 Å². The molecule has 0 aromatic heterocycles. The van der Waals surface area contributed by atoms with Gasteiger partial charge in [-0.1, -0.05) is 17.7 Å². The molecule has 8 heteroatoms. The highest BCUT2D eigenvalue weighted by molar-refractivity contribution is 8.00. The van der Waals surface area contributed by atoms with Crippen LogP contribution in [0, 0.1) is 6.92 Å². The Morgan fingerprint density at radius 1 is 1.55 bits per heavy atom. The highest BCUT2D eigenvalue weighted by Crippen LogP contribution is 2.20. The summed E-state index contributed by atoms with van der Waals surface area (Å²) in [5.41, 5.74) is 6.90. The van der Waals surface area contributed by atoms with E-state index < -0.39 is 0 Å². The van der Waals surface area contributed by atoms with E-state index in [2.05, 4.69) is 21.5 Å². The monoisotopic (exact) mass is 314 g/mol. The largest absolute Gasteiger partial charge is 0.330 e. The molecule has 6 nitrogen and oxygen atoms in total. The minimum atomic E-state index is -0.316. The van der Waals surface area contributed by atoms with Crippen LogP contribution in [0.5, 0.6) is 0 Å². The number of thioether (sulfide) groups is 1. The molecule has 1 aliphatic heterocycles. The van der Waals surface area contributed by atoms with Gasteiger partial charge in [-0.3, -0.25) is 9.59 Å². The zero-order valence-electron chi connectivity index (χ0n) is 10.8. The smallest absolute Gasteiger partial charge is 0.237 e. The Morgan fingerprint density at radius 3 is 3.05 bits per heavy atom. The van der Waals surface area contributed by atoms with Crippen LogP contribution in [-0.2, 0) is 9.59 Å². The summed E-state index contributed by atoms with van der Waals surface area (Å²) in [5, 5.41) is 6.07. The summed E-state index contributed by atoms with van der Waals surface area (Å²) in [7, 11) is 0. The van der Waals surface area contributed by atoms with Crippen LogP contribution in [0.4, 0.5) is 5.69 Å². The van der Waals surface area contributed by atoms with Gasteiger partial charge in [-0.25, -0.2) is 10.9 Å². The molecule has 2 amide bonds. The number of nitrogens with one attached hydrogen (secondary N) is 4. The fraction of sp³-hybridized carbons (Fsp3) is 0.333. The average Bonchev–Trinajstić information content (AvgIpc) is 2.41. The van der Waals surface area contributed by atoms with Gasteiger partial charge in [0.25, 0.3) is 0 Å². The lowest BCUT2D eigenvalue weighted by Gasteiger charge is -2.24. The van der Waals surface area contributed by atoms with Crippen molar-refractivity contribution in [1.82, 2.24) is 16.2 Å². The normalized spacial score (nSPS) is 18.5. The number of amides is 2. The second kappa shape index (κ2) is 6.94. The quantitative estimate of drug-likeness (QED) is 0.662. The van der Waals surface area contributed by atoms with Crippen molar-refractivity contribution in [3.05, 3.63) is 28.8 Å². The van der Waals surface area contributed by atoms with E-state index in [9.17, 15) is 9.59 Å². The zero-order valence-corrected chi connectivity index (χ0v) is 12.4. The Morgan fingerprint density at radius 2 is 2.35 bits per heavy atom. The Balaban J connectivity index is 1.80. The van der Waals surface area contributed by atoms with E-state index >= 15 is 0 Å². The molecular formula is C12H15ClN4O2S. The molecule has 1 atom stereocenters. The molecule has 20 heavy (non-hydrogen) atoms. The van der Waals surface area contributed by atoms with E-state index in [0.717, 1.165) is 5.56 Å². The van der Waals surface area contributed by atoms with Crippen molar-refractivity contribution in [3.63, 3.8) is 0 Å². The number of aryl methyl sites for hydroxylation is 1. The van der Waals surface area contributed by atoms with E-state index in [-0.39, 0.29) is 29.6 Å². The van der Waals surface area contributed by atoms with Crippen molar-refractivity contribution >= 4 is 40.9 Å². The summed E-state index contributed by atoms with van der Waals surface area (Å²) in [6.45, 7) is 2.12. The molecule has 1 unspecified atom stereocenters. The maximum Gasteiger partial charge on any atom is 0.237 e. The molecule has 1 aliphatic rings. The number of hydrazine groups is 1. The summed E-state index contributed by atoms with van der Waals surface area (Å²) >= 11 is 7.28. The first-order valence-corrected chi connectivity index (χ1v) is 7.42. The third-order valence-corrected chi connectivity index (χ3v) is 4.02. The van der Waals surface area contributed by atoms with Crippen molar-refractivity contribution in [1.29, 1.82) is 0 Å². The summed E-state index contributed by atoms with van der Waals surface area (Å²) in [4.78, 5) is 22.9. The fourth-order valence-electron chi connectivity index (χ4n) is 1.57. The minimum Gasteiger partial charge on any atom is -0.330 e. The number of hydrogen-bond donors (Lipinski definition) is 4. The van der Waals surface area contributed by atoms with Gasteiger partial charge in [-0.05, 0) is 24.6 Å². The number of hydrogen-bond acceptors (Lipinski definition) is 5. The molecule has 1 fully saturated rings. The van der Waals surface area contributed by atoms with Crippen molar-refractivity contribution in [2.24, 2.45) is 0 Å². The molecule has 108 valence electrons. The van der Waals surface area contributed by atoms with Gasteiger partial charge in [-0.15, -0.1) is 11.8 Å². The first kappa shape index (κ1) is 15.1. The van der Waals surface area contributed by atoms with Gasteiger partial charge in [0.2, 0.25) is 11.8 Å². The van der Waals surface area contributed by atoms with Crippen molar-refractivity contribution in [3.8, 4) is 0 Å². The van der Waals surface area contributed by atoms with Crippen molar-refractivity contribution < 1.29 is 9.59 Å².